The van der Waals surface area contributed by atoms with Gasteiger partial charge < -0.3 is 9.84 Å². The van der Waals surface area contributed by atoms with E-state index in [1.54, 1.807) is 41.5 Å². The van der Waals surface area contributed by atoms with Crippen LogP contribution < -0.4 is 14.7 Å². The Kier molecular flexibility index (Phi) is 5.00. The number of nitrogens with zero attached hydrogens (tertiary/aromatic N) is 2. The average molecular weight is 451 g/mol. The van der Waals surface area contributed by atoms with Crippen molar-refractivity contribution < 1.29 is 24.3 Å². The second kappa shape index (κ2) is 7.85. The fraction of sp³-hybridized carbons (Fsp3) is 0.167. The quantitative estimate of drug-likeness (QED) is 0.603. The molecular weight excluding hydrogens is 432 g/mol. The van der Waals surface area contributed by atoms with Crippen LogP contribution in [0.15, 0.2) is 72.8 Å². The normalized spacial score (nSPS) is 22.4. The molecule has 3 aromatic carbocycles. The highest BCUT2D eigenvalue weighted by molar-refractivity contribution is 6.36. The van der Waals surface area contributed by atoms with Gasteiger partial charge >= 0.3 is 0 Å². The molecule has 2 aliphatic heterocycles. The van der Waals surface area contributed by atoms with Crippen LogP contribution in [0.25, 0.3) is 0 Å². The van der Waals surface area contributed by atoms with Gasteiger partial charge in [-0.15, -0.1) is 0 Å². The number of hydroxylamine groups is 1. The predicted molar refractivity (Wildman–Crippen MR) is 119 cm³/mol. The average Bonchev–Trinajstić information content (AvgIpc) is 3.31. The van der Waals surface area contributed by atoms with Crippen LogP contribution in [0.2, 0.25) is 5.02 Å². The molecule has 0 saturated carbocycles. The van der Waals surface area contributed by atoms with Gasteiger partial charge in [0.2, 0.25) is 5.91 Å². The zero-order valence-electron chi connectivity index (χ0n) is 17.0. The van der Waals surface area contributed by atoms with Gasteiger partial charge in [-0.1, -0.05) is 48.0 Å². The first-order valence-corrected chi connectivity index (χ1v) is 10.4. The number of carbonyl (C=O) groups excluding carboxylic acids is 2. The number of aromatic hydroxyl groups is 1. The maximum absolute atomic E-state index is 13.6. The monoisotopic (exact) mass is 450 g/mol. The molecule has 162 valence electrons. The molecule has 2 fully saturated rings. The highest BCUT2D eigenvalue weighted by Gasteiger charge is 2.60. The summed E-state index contributed by atoms with van der Waals surface area (Å²) < 4.78 is 5.26. The minimum Gasteiger partial charge on any atom is -0.504 e. The van der Waals surface area contributed by atoms with Crippen molar-refractivity contribution in [2.75, 3.05) is 17.1 Å². The molecule has 0 aromatic heterocycles. The van der Waals surface area contributed by atoms with Crippen molar-refractivity contribution in [3.8, 4) is 11.5 Å². The summed E-state index contributed by atoms with van der Waals surface area (Å²) in [6, 6.07) is 20.2. The Morgan fingerprint density at radius 2 is 1.69 bits per heavy atom. The van der Waals surface area contributed by atoms with E-state index in [-0.39, 0.29) is 11.5 Å². The standard InChI is InChI=1S/C24H19ClN2O5/c1-31-19-13-14(11-12-18(19)28)21-20-22(32-27(21)15-7-3-2-4-8-15)24(30)26(23(20)29)17-10-6-5-9-16(17)25/h2-13,20-22,28H,1H3/t20-,21-,22-/m0/s1. The SMILES string of the molecule is COc1cc([C@H]2[C@@H]3C(=O)N(c4ccccc4Cl)C(=O)[C@H]3ON2c2ccccc2)ccc1O. The Hall–Kier alpha value is -3.55. The molecule has 3 aromatic rings. The number of phenols is 1. The Labute approximate surface area is 189 Å². The number of anilines is 2. The molecule has 0 radical (unpaired) electrons. The van der Waals surface area contributed by atoms with Crippen molar-refractivity contribution >= 4 is 34.8 Å². The molecule has 0 bridgehead atoms. The molecule has 2 amide bonds. The molecule has 8 heteroatoms. The fourth-order valence-electron chi connectivity index (χ4n) is 4.30. The Morgan fingerprint density at radius 1 is 0.969 bits per heavy atom. The van der Waals surface area contributed by atoms with Crippen LogP contribution in [0.3, 0.4) is 0 Å². The van der Waals surface area contributed by atoms with E-state index in [0.717, 1.165) is 4.90 Å². The largest absolute Gasteiger partial charge is 0.504 e. The van der Waals surface area contributed by atoms with Gasteiger partial charge in [-0.3, -0.25) is 14.4 Å². The number of hydrogen-bond donors (Lipinski definition) is 1. The van der Waals surface area contributed by atoms with Gasteiger partial charge in [0.1, 0.15) is 5.92 Å². The van der Waals surface area contributed by atoms with Crippen LogP contribution in [0.4, 0.5) is 11.4 Å². The maximum Gasteiger partial charge on any atom is 0.266 e. The number of para-hydroxylation sites is 2. The highest BCUT2D eigenvalue weighted by atomic mass is 35.5. The van der Waals surface area contributed by atoms with E-state index in [4.69, 9.17) is 21.2 Å². The first kappa shape index (κ1) is 20.4. The number of methoxy groups -OCH3 is 1. The Balaban J connectivity index is 1.62. The molecule has 32 heavy (non-hydrogen) atoms. The predicted octanol–water partition coefficient (Wildman–Crippen LogP) is 4.11. The Morgan fingerprint density at radius 3 is 2.41 bits per heavy atom. The van der Waals surface area contributed by atoms with Gasteiger partial charge in [0.15, 0.2) is 17.6 Å². The second-order valence-electron chi connectivity index (χ2n) is 7.55. The zero-order valence-corrected chi connectivity index (χ0v) is 17.8. The molecule has 3 atom stereocenters. The molecule has 0 aliphatic carbocycles. The minimum atomic E-state index is -1.01. The lowest BCUT2D eigenvalue weighted by Gasteiger charge is -2.29. The Bertz CT molecular complexity index is 1200. The number of ether oxygens (including phenoxy) is 1. The van der Waals surface area contributed by atoms with Crippen molar-refractivity contribution in [1.29, 1.82) is 0 Å². The van der Waals surface area contributed by atoms with E-state index in [1.807, 2.05) is 30.3 Å². The summed E-state index contributed by atoms with van der Waals surface area (Å²) in [4.78, 5) is 34.1. The van der Waals surface area contributed by atoms with E-state index in [9.17, 15) is 14.7 Å². The van der Waals surface area contributed by atoms with Crippen LogP contribution in [0.5, 0.6) is 11.5 Å². The molecule has 2 aliphatic rings. The number of carbonyl (C=O) groups is 2. The van der Waals surface area contributed by atoms with E-state index < -0.39 is 29.9 Å². The van der Waals surface area contributed by atoms with Crippen molar-refractivity contribution in [3.63, 3.8) is 0 Å². The van der Waals surface area contributed by atoms with Gasteiger partial charge in [0.25, 0.3) is 5.91 Å². The topological polar surface area (TPSA) is 79.3 Å². The van der Waals surface area contributed by atoms with E-state index in [0.29, 0.717) is 22.0 Å². The van der Waals surface area contributed by atoms with Crippen LogP contribution in [-0.2, 0) is 14.4 Å². The lowest BCUT2D eigenvalue weighted by atomic mass is 9.90. The fourth-order valence-corrected chi connectivity index (χ4v) is 4.52. The first-order valence-electron chi connectivity index (χ1n) is 10.0. The third kappa shape index (κ3) is 3.09. The van der Waals surface area contributed by atoms with Crippen LogP contribution in [0.1, 0.15) is 11.6 Å². The molecule has 1 N–H and O–H groups in total. The first-order chi connectivity index (χ1) is 15.5. The number of benzene rings is 3. The van der Waals surface area contributed by atoms with Gasteiger partial charge in [-0.25, -0.2) is 9.96 Å². The number of imide groups is 1. The lowest BCUT2D eigenvalue weighted by molar-refractivity contribution is -0.126. The molecule has 5 rings (SSSR count). The minimum absolute atomic E-state index is 0.0236. The summed E-state index contributed by atoms with van der Waals surface area (Å²) >= 11 is 6.28. The van der Waals surface area contributed by atoms with Crippen LogP contribution >= 0.6 is 11.6 Å². The molecule has 0 unspecified atom stereocenters. The third-order valence-electron chi connectivity index (χ3n) is 5.76. The van der Waals surface area contributed by atoms with Crippen molar-refractivity contribution in [2.24, 2.45) is 5.92 Å². The van der Waals surface area contributed by atoms with Gasteiger partial charge in [0, 0.05) is 0 Å². The van der Waals surface area contributed by atoms with E-state index in [2.05, 4.69) is 0 Å². The second-order valence-corrected chi connectivity index (χ2v) is 7.96. The van der Waals surface area contributed by atoms with Crippen molar-refractivity contribution in [3.05, 3.63) is 83.4 Å². The van der Waals surface area contributed by atoms with E-state index >= 15 is 0 Å². The molecule has 2 heterocycles. The van der Waals surface area contributed by atoms with Crippen molar-refractivity contribution in [1.82, 2.24) is 0 Å². The number of phenolic OH excluding ortho intramolecular Hbond substituents is 1. The molecule has 0 spiro atoms. The van der Waals surface area contributed by atoms with Gasteiger partial charge in [-0.2, -0.15) is 0 Å². The molecular formula is C24H19ClN2O5. The zero-order chi connectivity index (χ0) is 22.4. The number of rotatable bonds is 4. The number of fused-ring (bicyclic) bond motifs is 1. The van der Waals surface area contributed by atoms with Crippen molar-refractivity contribution in [2.45, 2.75) is 12.1 Å². The van der Waals surface area contributed by atoms with E-state index in [1.165, 1.54) is 13.2 Å². The summed E-state index contributed by atoms with van der Waals surface area (Å²) in [5.74, 6) is -1.44. The highest BCUT2D eigenvalue weighted by Crippen LogP contribution is 2.49. The van der Waals surface area contributed by atoms with Gasteiger partial charge in [0.05, 0.1) is 29.5 Å². The third-order valence-corrected chi connectivity index (χ3v) is 6.08. The summed E-state index contributed by atoms with van der Waals surface area (Å²) in [6.45, 7) is 0. The number of halogens is 1. The van der Waals surface area contributed by atoms with Crippen LogP contribution in [-0.4, -0.2) is 30.1 Å². The molecule has 7 nitrogen and oxygen atoms in total. The number of hydrogen-bond acceptors (Lipinski definition) is 6. The summed E-state index contributed by atoms with van der Waals surface area (Å²) in [7, 11) is 1.45. The van der Waals surface area contributed by atoms with Gasteiger partial charge in [-0.05, 0) is 42.0 Å². The summed E-state index contributed by atoms with van der Waals surface area (Å²) in [5.41, 5.74) is 1.69. The molecule has 2 saturated heterocycles. The number of amides is 2. The summed E-state index contributed by atoms with van der Waals surface area (Å²) in [5, 5.41) is 11.9. The van der Waals surface area contributed by atoms with Crippen LogP contribution in [0, 0.1) is 5.92 Å². The maximum atomic E-state index is 13.6. The smallest absolute Gasteiger partial charge is 0.266 e. The summed E-state index contributed by atoms with van der Waals surface area (Å²) in [6.07, 6.45) is -1.01. The lowest BCUT2D eigenvalue weighted by Crippen LogP contribution is -2.37.